The Labute approximate surface area is 140 Å². The molecular weight excluding hydrogens is 298 g/mol. The highest BCUT2D eigenvalue weighted by molar-refractivity contribution is 5.85. The maximum atomic E-state index is 11.9. The van der Waals surface area contributed by atoms with Gasteiger partial charge in [-0.2, -0.15) is 0 Å². The minimum absolute atomic E-state index is 0. The van der Waals surface area contributed by atoms with Gasteiger partial charge in [0.15, 0.2) is 0 Å². The van der Waals surface area contributed by atoms with Gasteiger partial charge < -0.3 is 10.6 Å². The van der Waals surface area contributed by atoms with E-state index in [1.165, 1.54) is 16.7 Å². The van der Waals surface area contributed by atoms with Gasteiger partial charge in [-0.3, -0.25) is 9.69 Å². The summed E-state index contributed by atoms with van der Waals surface area (Å²) in [5.41, 5.74) is 3.83. The van der Waals surface area contributed by atoms with Crippen LogP contribution in [-0.4, -0.2) is 50.1 Å². The molecule has 2 N–H and O–H groups in total. The van der Waals surface area contributed by atoms with Crippen molar-refractivity contribution in [3.8, 4) is 0 Å². The lowest BCUT2D eigenvalue weighted by Crippen LogP contribution is -2.46. The first-order valence-electron chi connectivity index (χ1n) is 7.91. The molecule has 4 nitrogen and oxygen atoms in total. The van der Waals surface area contributed by atoms with E-state index < -0.39 is 0 Å². The molecule has 0 radical (unpaired) electrons. The maximum absolute atomic E-state index is 11.9. The molecule has 0 bridgehead atoms. The Morgan fingerprint density at radius 1 is 1.27 bits per heavy atom. The minimum atomic E-state index is 0. The lowest BCUT2D eigenvalue weighted by atomic mass is 10.0. The average Bonchev–Trinajstić information content (AvgIpc) is 2.47. The Hall–Kier alpha value is -1.10. The lowest BCUT2D eigenvalue weighted by Gasteiger charge is -2.27. The number of carbonyl (C=O) groups is 1. The van der Waals surface area contributed by atoms with Crippen LogP contribution in [0.1, 0.15) is 23.1 Å². The molecule has 22 heavy (non-hydrogen) atoms. The Morgan fingerprint density at radius 2 is 2.00 bits per heavy atom. The van der Waals surface area contributed by atoms with Crippen molar-refractivity contribution in [1.29, 1.82) is 0 Å². The van der Waals surface area contributed by atoms with E-state index in [2.05, 4.69) is 47.6 Å². The van der Waals surface area contributed by atoms with Crippen LogP contribution in [0.3, 0.4) is 0 Å². The summed E-state index contributed by atoms with van der Waals surface area (Å²) in [6.45, 7) is 10.2. The van der Waals surface area contributed by atoms with Crippen molar-refractivity contribution in [3.05, 3.63) is 34.9 Å². The van der Waals surface area contributed by atoms with E-state index in [0.29, 0.717) is 6.42 Å². The highest BCUT2D eigenvalue weighted by Crippen LogP contribution is 2.12. The third-order valence-corrected chi connectivity index (χ3v) is 4.08. The molecule has 0 atom stereocenters. The second-order valence-corrected chi connectivity index (χ2v) is 5.87. The van der Waals surface area contributed by atoms with Gasteiger partial charge in [0, 0.05) is 45.7 Å². The summed E-state index contributed by atoms with van der Waals surface area (Å²) >= 11 is 0. The largest absolute Gasteiger partial charge is 0.355 e. The number of hydrogen-bond donors (Lipinski definition) is 2. The van der Waals surface area contributed by atoms with Crippen LogP contribution in [0.5, 0.6) is 0 Å². The van der Waals surface area contributed by atoms with Gasteiger partial charge in [0.1, 0.15) is 0 Å². The molecule has 0 aromatic heterocycles. The van der Waals surface area contributed by atoms with E-state index in [-0.39, 0.29) is 18.3 Å². The zero-order chi connectivity index (χ0) is 15.1. The molecule has 1 aromatic carbocycles. The van der Waals surface area contributed by atoms with E-state index in [4.69, 9.17) is 0 Å². The van der Waals surface area contributed by atoms with Crippen molar-refractivity contribution < 1.29 is 4.79 Å². The zero-order valence-electron chi connectivity index (χ0n) is 13.7. The van der Waals surface area contributed by atoms with Gasteiger partial charge in [0.05, 0.1) is 0 Å². The zero-order valence-corrected chi connectivity index (χ0v) is 14.5. The van der Waals surface area contributed by atoms with Crippen molar-refractivity contribution in [2.45, 2.75) is 26.7 Å². The van der Waals surface area contributed by atoms with Crippen LogP contribution in [0.15, 0.2) is 18.2 Å². The van der Waals surface area contributed by atoms with Crippen molar-refractivity contribution in [3.63, 3.8) is 0 Å². The first-order valence-corrected chi connectivity index (χ1v) is 7.91. The van der Waals surface area contributed by atoms with Gasteiger partial charge in [-0.25, -0.2) is 0 Å². The van der Waals surface area contributed by atoms with Crippen LogP contribution in [0.4, 0.5) is 0 Å². The van der Waals surface area contributed by atoms with E-state index in [0.717, 1.165) is 45.7 Å². The number of hydrogen-bond acceptors (Lipinski definition) is 3. The molecule has 1 aliphatic rings. The van der Waals surface area contributed by atoms with Crippen molar-refractivity contribution in [2.24, 2.45) is 0 Å². The van der Waals surface area contributed by atoms with Crippen LogP contribution in [0.25, 0.3) is 0 Å². The van der Waals surface area contributed by atoms with Gasteiger partial charge in [-0.1, -0.05) is 23.8 Å². The smallest absolute Gasteiger partial charge is 0.220 e. The number of amides is 1. The number of rotatable bonds is 6. The standard InChI is InChI=1S/C17H27N3O.ClH/c1-14-3-4-16(15(2)13-14)5-6-17(21)19-9-12-20-10-7-18-8-11-20;/h3-4,13,18H,5-12H2,1-2H3,(H,19,21);1H. The highest BCUT2D eigenvalue weighted by Gasteiger charge is 2.09. The Morgan fingerprint density at radius 3 is 2.68 bits per heavy atom. The lowest BCUT2D eigenvalue weighted by molar-refractivity contribution is -0.121. The first-order chi connectivity index (χ1) is 10.1. The summed E-state index contributed by atoms with van der Waals surface area (Å²) in [5, 5.41) is 6.36. The number of piperazine rings is 1. The Kier molecular flexibility index (Phi) is 8.46. The monoisotopic (exact) mass is 325 g/mol. The van der Waals surface area contributed by atoms with E-state index in [1.807, 2.05) is 0 Å². The van der Waals surface area contributed by atoms with Crippen LogP contribution in [0.2, 0.25) is 0 Å². The van der Waals surface area contributed by atoms with Crippen LogP contribution in [-0.2, 0) is 11.2 Å². The third kappa shape index (κ3) is 6.34. The fourth-order valence-corrected chi connectivity index (χ4v) is 2.75. The number of nitrogens with zero attached hydrogens (tertiary/aromatic N) is 1. The fourth-order valence-electron chi connectivity index (χ4n) is 2.75. The first kappa shape index (κ1) is 18.9. The summed E-state index contributed by atoms with van der Waals surface area (Å²) in [5.74, 6) is 0.158. The number of halogens is 1. The molecule has 0 saturated carbocycles. The quantitative estimate of drug-likeness (QED) is 0.836. The van der Waals surface area contributed by atoms with Crippen LogP contribution >= 0.6 is 12.4 Å². The predicted molar refractivity (Wildman–Crippen MR) is 93.8 cm³/mol. The molecule has 0 aliphatic carbocycles. The molecule has 2 rings (SSSR count). The molecule has 124 valence electrons. The molecule has 0 spiro atoms. The average molecular weight is 326 g/mol. The number of aryl methyl sites for hydroxylation is 3. The molecule has 1 fully saturated rings. The summed E-state index contributed by atoms with van der Waals surface area (Å²) in [6, 6.07) is 6.43. The number of benzene rings is 1. The summed E-state index contributed by atoms with van der Waals surface area (Å²) in [6.07, 6.45) is 1.40. The van der Waals surface area contributed by atoms with E-state index >= 15 is 0 Å². The van der Waals surface area contributed by atoms with E-state index in [1.54, 1.807) is 0 Å². The SMILES string of the molecule is Cc1ccc(CCC(=O)NCCN2CCNCC2)c(C)c1.Cl. The van der Waals surface area contributed by atoms with E-state index in [9.17, 15) is 4.79 Å². The van der Waals surface area contributed by atoms with Gasteiger partial charge in [0.25, 0.3) is 0 Å². The Bertz CT molecular complexity index is 473. The normalized spacial score (nSPS) is 15.2. The van der Waals surface area contributed by atoms with Gasteiger partial charge in [-0.05, 0) is 31.4 Å². The summed E-state index contributed by atoms with van der Waals surface area (Å²) in [4.78, 5) is 14.3. The third-order valence-electron chi connectivity index (χ3n) is 4.08. The molecular formula is C17H28ClN3O. The topological polar surface area (TPSA) is 44.4 Å². The molecule has 1 saturated heterocycles. The minimum Gasteiger partial charge on any atom is -0.355 e. The van der Waals surface area contributed by atoms with Gasteiger partial charge in [0.2, 0.25) is 5.91 Å². The molecule has 5 heteroatoms. The second kappa shape index (κ2) is 9.82. The maximum Gasteiger partial charge on any atom is 0.220 e. The summed E-state index contributed by atoms with van der Waals surface area (Å²) in [7, 11) is 0. The molecule has 1 heterocycles. The molecule has 0 unspecified atom stereocenters. The van der Waals surface area contributed by atoms with Gasteiger partial charge >= 0.3 is 0 Å². The number of carbonyl (C=O) groups excluding carboxylic acids is 1. The molecule has 1 amide bonds. The van der Waals surface area contributed by atoms with Crippen molar-refractivity contribution in [1.82, 2.24) is 15.5 Å². The second-order valence-electron chi connectivity index (χ2n) is 5.87. The predicted octanol–water partition coefficient (Wildman–Crippen LogP) is 1.68. The van der Waals surface area contributed by atoms with Gasteiger partial charge in [-0.15, -0.1) is 12.4 Å². The molecule has 1 aromatic rings. The Balaban J connectivity index is 0.00000242. The van der Waals surface area contributed by atoms with Crippen molar-refractivity contribution >= 4 is 18.3 Å². The molecule has 1 aliphatic heterocycles. The van der Waals surface area contributed by atoms with Crippen LogP contribution in [0, 0.1) is 13.8 Å². The van der Waals surface area contributed by atoms with Crippen LogP contribution < -0.4 is 10.6 Å². The van der Waals surface area contributed by atoms with Crippen molar-refractivity contribution in [2.75, 3.05) is 39.3 Å². The summed E-state index contributed by atoms with van der Waals surface area (Å²) < 4.78 is 0. The highest BCUT2D eigenvalue weighted by atomic mass is 35.5. The fraction of sp³-hybridized carbons (Fsp3) is 0.588. The number of nitrogens with one attached hydrogen (secondary N) is 2.